The Kier molecular flexibility index (Phi) is 7.09. The third-order valence-corrected chi connectivity index (χ3v) is 5.88. The highest BCUT2D eigenvalue weighted by Gasteiger charge is 2.39. The Bertz CT molecular complexity index is 821. The number of urea groups is 1. The molecule has 0 atom stereocenters. The molecule has 2 heterocycles. The smallest absolute Gasteiger partial charge is 0.321 e. The monoisotopic (exact) mass is 464 g/mol. The molecule has 0 spiro atoms. The van der Waals surface area contributed by atoms with Gasteiger partial charge in [-0.05, 0) is 32.0 Å². The zero-order valence-corrected chi connectivity index (χ0v) is 17.9. The van der Waals surface area contributed by atoms with Crippen molar-refractivity contribution >= 4 is 11.7 Å². The summed E-state index contributed by atoms with van der Waals surface area (Å²) >= 11 is 0. The van der Waals surface area contributed by atoms with E-state index in [0.717, 1.165) is 32.7 Å². The molecule has 0 aromatic heterocycles. The van der Waals surface area contributed by atoms with Gasteiger partial charge in [0.1, 0.15) is 0 Å². The van der Waals surface area contributed by atoms with E-state index in [-0.39, 0.29) is 12.1 Å². The Hall–Kier alpha value is -2.27. The fourth-order valence-electron chi connectivity index (χ4n) is 3.81. The molecule has 178 valence electrons. The number of rotatable bonds is 4. The molecule has 2 amide bonds. The van der Waals surface area contributed by atoms with Gasteiger partial charge in [0.25, 0.3) is 0 Å². The van der Waals surface area contributed by atoms with E-state index >= 15 is 0 Å². The van der Waals surface area contributed by atoms with Crippen molar-refractivity contribution in [3.63, 3.8) is 0 Å². The van der Waals surface area contributed by atoms with E-state index in [4.69, 9.17) is 0 Å². The normalized spacial score (nSPS) is 19.8. The average Bonchev–Trinajstić information content (AvgIpc) is 2.66. The lowest BCUT2D eigenvalue weighted by Gasteiger charge is -2.48. The quantitative estimate of drug-likeness (QED) is 0.526. The maximum absolute atomic E-state index is 13.0. The van der Waals surface area contributed by atoms with E-state index < -0.39 is 35.2 Å². The first kappa shape index (κ1) is 24.4. The second kappa shape index (κ2) is 9.30. The molecule has 1 N–H and O–H groups in total. The van der Waals surface area contributed by atoms with Gasteiger partial charge < -0.3 is 10.2 Å². The summed E-state index contributed by atoms with van der Waals surface area (Å²) in [6.45, 7) is 9.26. The Morgan fingerprint density at radius 3 is 2.00 bits per heavy atom. The molecule has 0 unspecified atom stereocenters. The number of nitrogens with zero attached hydrogens (tertiary/aromatic N) is 3. The van der Waals surface area contributed by atoms with Crippen molar-refractivity contribution in [2.45, 2.75) is 32.2 Å². The third-order valence-electron chi connectivity index (χ3n) is 5.88. The van der Waals surface area contributed by atoms with E-state index in [1.807, 2.05) is 6.92 Å². The molecule has 3 rings (SSSR count). The maximum Gasteiger partial charge on any atom is 0.416 e. The zero-order chi connectivity index (χ0) is 23.7. The lowest BCUT2D eigenvalue weighted by Crippen LogP contribution is -2.64. The van der Waals surface area contributed by atoms with Crippen LogP contribution in [0.4, 0.5) is 36.8 Å². The van der Waals surface area contributed by atoms with Crippen molar-refractivity contribution < 1.29 is 31.1 Å². The van der Waals surface area contributed by atoms with Gasteiger partial charge in [0.05, 0.1) is 11.1 Å². The van der Waals surface area contributed by atoms with Crippen molar-refractivity contribution in [3.05, 3.63) is 41.0 Å². The molecule has 0 bridgehead atoms. The number of hydrogen-bond acceptors (Lipinski definition) is 3. The number of amides is 2. The van der Waals surface area contributed by atoms with Crippen molar-refractivity contribution in [1.29, 1.82) is 0 Å². The molecule has 1 aromatic rings. The molecule has 2 aliphatic heterocycles. The van der Waals surface area contributed by atoms with Gasteiger partial charge in [-0.3, -0.25) is 9.80 Å². The van der Waals surface area contributed by atoms with E-state index in [1.165, 1.54) is 10.5 Å². The Labute approximate surface area is 182 Å². The summed E-state index contributed by atoms with van der Waals surface area (Å²) in [6, 6.07) is 0.480. The average molecular weight is 464 g/mol. The molecule has 2 saturated heterocycles. The molecule has 0 saturated carbocycles. The number of anilines is 1. The molecule has 0 radical (unpaired) electrons. The van der Waals surface area contributed by atoms with Crippen LogP contribution in [0.15, 0.2) is 29.8 Å². The van der Waals surface area contributed by atoms with Crippen molar-refractivity contribution in [2.75, 3.05) is 51.1 Å². The van der Waals surface area contributed by atoms with Gasteiger partial charge in [0.2, 0.25) is 0 Å². The molecule has 2 aliphatic rings. The predicted molar refractivity (Wildman–Crippen MR) is 108 cm³/mol. The van der Waals surface area contributed by atoms with Crippen LogP contribution in [-0.4, -0.2) is 72.6 Å². The summed E-state index contributed by atoms with van der Waals surface area (Å²) in [6.07, 6.45) is -7.84. The van der Waals surface area contributed by atoms with E-state index in [2.05, 4.69) is 28.1 Å². The summed E-state index contributed by atoms with van der Waals surface area (Å²) in [4.78, 5) is 18.4. The first-order valence-electron chi connectivity index (χ1n) is 10.3. The highest BCUT2D eigenvalue weighted by molar-refractivity contribution is 5.90. The fraction of sp³-hybridized carbons (Fsp3) is 0.571. The highest BCUT2D eigenvalue weighted by Crippen LogP contribution is 2.37. The minimum atomic E-state index is -4.96. The molecular formula is C21H26F6N4O. The van der Waals surface area contributed by atoms with Gasteiger partial charge in [0.15, 0.2) is 0 Å². The number of halogens is 6. The van der Waals surface area contributed by atoms with Crippen LogP contribution in [0.2, 0.25) is 0 Å². The van der Waals surface area contributed by atoms with Gasteiger partial charge in [0, 0.05) is 57.5 Å². The summed E-state index contributed by atoms with van der Waals surface area (Å²) in [5.41, 5.74) is -2.16. The molecule has 5 nitrogen and oxygen atoms in total. The van der Waals surface area contributed by atoms with Crippen LogP contribution in [0.1, 0.15) is 25.0 Å². The molecule has 11 heteroatoms. The van der Waals surface area contributed by atoms with E-state index in [1.54, 1.807) is 0 Å². The molecule has 0 aliphatic carbocycles. The minimum Gasteiger partial charge on any atom is -0.321 e. The number of nitrogens with one attached hydrogen (secondary N) is 1. The van der Waals surface area contributed by atoms with Crippen molar-refractivity contribution in [3.8, 4) is 0 Å². The minimum absolute atomic E-state index is 0.0345. The summed E-state index contributed by atoms with van der Waals surface area (Å²) in [7, 11) is 0. The van der Waals surface area contributed by atoms with Gasteiger partial charge in [-0.2, -0.15) is 26.3 Å². The van der Waals surface area contributed by atoms with Crippen LogP contribution in [0.3, 0.4) is 0 Å². The second-order valence-electron chi connectivity index (χ2n) is 8.23. The number of allylic oxidation sites excluding steroid dienone is 1. The summed E-state index contributed by atoms with van der Waals surface area (Å²) < 4.78 is 77.9. The number of alkyl halides is 6. The summed E-state index contributed by atoms with van der Waals surface area (Å²) in [5, 5.41) is 2.18. The third kappa shape index (κ3) is 5.94. The Balaban J connectivity index is 1.55. The van der Waals surface area contributed by atoms with Crippen molar-refractivity contribution in [2.24, 2.45) is 0 Å². The Morgan fingerprint density at radius 1 is 1.00 bits per heavy atom. The van der Waals surface area contributed by atoms with Gasteiger partial charge >= 0.3 is 18.4 Å². The van der Waals surface area contributed by atoms with Crippen LogP contribution in [0.5, 0.6) is 0 Å². The van der Waals surface area contributed by atoms with Crippen LogP contribution in [0.25, 0.3) is 0 Å². The molecule has 32 heavy (non-hydrogen) atoms. The Morgan fingerprint density at radius 2 is 1.53 bits per heavy atom. The first-order chi connectivity index (χ1) is 14.9. The largest absolute Gasteiger partial charge is 0.416 e. The lowest BCUT2D eigenvalue weighted by molar-refractivity contribution is -0.143. The summed E-state index contributed by atoms with van der Waals surface area (Å²) in [5.74, 6) is 0. The number of likely N-dealkylation sites (tertiary alicyclic amines) is 1. The lowest BCUT2D eigenvalue weighted by atomic mass is 10.1. The van der Waals surface area contributed by atoms with E-state index in [0.29, 0.717) is 25.2 Å². The van der Waals surface area contributed by atoms with Crippen LogP contribution >= 0.6 is 0 Å². The second-order valence-corrected chi connectivity index (χ2v) is 8.23. The van der Waals surface area contributed by atoms with Crippen LogP contribution < -0.4 is 5.32 Å². The van der Waals surface area contributed by atoms with Gasteiger partial charge in [-0.15, -0.1) is 0 Å². The number of carbonyl (C=O) groups is 1. The molecule has 1 aromatic carbocycles. The SMILES string of the molecule is C/C=C(\C)CN1CCN(C2CN(C(=O)Nc3cc(C(F)(F)F)cc(C(F)(F)F)c3)C2)CC1. The maximum atomic E-state index is 13.0. The number of carbonyl (C=O) groups excluding carboxylic acids is 1. The zero-order valence-electron chi connectivity index (χ0n) is 17.9. The predicted octanol–water partition coefficient (Wildman–Crippen LogP) is 4.52. The first-order valence-corrected chi connectivity index (χ1v) is 10.3. The van der Waals surface area contributed by atoms with Gasteiger partial charge in [-0.1, -0.05) is 11.6 Å². The van der Waals surface area contributed by atoms with Crippen LogP contribution in [-0.2, 0) is 12.4 Å². The number of piperazine rings is 1. The fourth-order valence-corrected chi connectivity index (χ4v) is 3.81. The molecular weight excluding hydrogens is 438 g/mol. The topological polar surface area (TPSA) is 38.8 Å². The number of benzene rings is 1. The highest BCUT2D eigenvalue weighted by atomic mass is 19.4. The van der Waals surface area contributed by atoms with Crippen LogP contribution in [0, 0.1) is 0 Å². The van der Waals surface area contributed by atoms with Gasteiger partial charge in [-0.25, -0.2) is 4.79 Å². The standard InChI is InChI=1S/C21H26F6N4O/c1-3-14(2)11-29-4-6-30(7-5-29)18-12-31(13-18)19(32)28-17-9-15(20(22,23)24)8-16(10-17)21(25,26)27/h3,8-10,18H,4-7,11-13H2,1-2H3,(H,28,32)/b14-3+. The molecule has 2 fully saturated rings. The number of hydrogen-bond donors (Lipinski definition) is 1. The van der Waals surface area contributed by atoms with Crippen molar-refractivity contribution in [1.82, 2.24) is 14.7 Å². The van der Waals surface area contributed by atoms with E-state index in [9.17, 15) is 31.1 Å².